The normalized spacial score (nSPS) is 14.6. The van der Waals surface area contributed by atoms with Crippen LogP contribution in [0.25, 0.3) is 0 Å². The Labute approximate surface area is 148 Å². The number of aryl methyl sites for hydroxylation is 2. The number of hydrogen-bond acceptors (Lipinski definition) is 5. The predicted octanol–water partition coefficient (Wildman–Crippen LogP) is 2.44. The molecule has 0 amide bonds. The Morgan fingerprint density at radius 2 is 1.88 bits per heavy atom. The van der Waals surface area contributed by atoms with E-state index in [1.54, 1.807) is 11.7 Å². The van der Waals surface area contributed by atoms with Crippen molar-refractivity contribution in [2.45, 2.75) is 33.9 Å². The van der Waals surface area contributed by atoms with E-state index in [-0.39, 0.29) is 5.56 Å². The summed E-state index contributed by atoms with van der Waals surface area (Å²) in [7, 11) is 1.69. The van der Waals surface area contributed by atoms with Gasteiger partial charge in [0.1, 0.15) is 0 Å². The maximum Gasteiger partial charge on any atom is 0.259 e. The largest absolute Gasteiger partial charge is 0.383 e. The lowest BCUT2D eigenvalue weighted by molar-refractivity contribution is 0.121. The fraction of sp³-hybridized carbons (Fsp3) is 0.474. The van der Waals surface area contributed by atoms with Crippen molar-refractivity contribution in [3.8, 4) is 0 Å². The number of benzene rings is 1. The van der Waals surface area contributed by atoms with Crippen LogP contribution in [0.3, 0.4) is 0 Å². The van der Waals surface area contributed by atoms with Crippen LogP contribution in [0, 0.1) is 13.8 Å². The van der Waals surface area contributed by atoms with E-state index in [0.29, 0.717) is 31.5 Å². The molecule has 25 heavy (non-hydrogen) atoms. The zero-order valence-electron chi connectivity index (χ0n) is 15.5. The molecule has 6 nitrogen and oxygen atoms in total. The topological polar surface area (TPSA) is 50.6 Å². The molecule has 2 aromatic rings. The third kappa shape index (κ3) is 3.45. The lowest BCUT2D eigenvalue weighted by Gasteiger charge is -2.38. The van der Waals surface area contributed by atoms with Crippen molar-refractivity contribution in [2.75, 3.05) is 31.8 Å². The summed E-state index contributed by atoms with van der Waals surface area (Å²) in [5.74, 6) is 0.714. The highest BCUT2D eigenvalue weighted by atomic mass is 16.5. The molecule has 1 aliphatic rings. The molecule has 1 aromatic heterocycles. The molecule has 1 aliphatic heterocycles. The highest BCUT2D eigenvalue weighted by Gasteiger charge is 2.26. The molecular formula is C19H26N4O2. The van der Waals surface area contributed by atoms with E-state index in [1.807, 2.05) is 13.8 Å². The van der Waals surface area contributed by atoms with Gasteiger partial charge in [-0.3, -0.25) is 19.2 Å². The van der Waals surface area contributed by atoms with Gasteiger partial charge in [0.25, 0.3) is 5.56 Å². The number of ether oxygens (including phenoxy) is 1. The summed E-state index contributed by atoms with van der Waals surface area (Å²) in [6.45, 7) is 8.49. The average molecular weight is 342 g/mol. The molecular weight excluding hydrogens is 316 g/mol. The number of anilines is 2. The van der Waals surface area contributed by atoms with Crippen molar-refractivity contribution in [1.82, 2.24) is 14.5 Å². The molecule has 0 bridgehead atoms. The standard InChI is InChI=1S/C19H26N4O2/c1-5-16-6-8-17(9-7-16)22-12-21(10-11-25-4)13-23-18(24)14(2)15(3)20-19(22)23/h6-9H,5,10-13H2,1-4H3. The molecule has 0 atom stereocenters. The summed E-state index contributed by atoms with van der Waals surface area (Å²) in [6.07, 6.45) is 1.01. The third-order valence-corrected chi connectivity index (χ3v) is 4.81. The molecule has 1 aromatic carbocycles. The predicted molar refractivity (Wildman–Crippen MR) is 99.4 cm³/mol. The maximum atomic E-state index is 12.8. The van der Waals surface area contributed by atoms with Gasteiger partial charge in [-0.1, -0.05) is 19.1 Å². The Hall–Kier alpha value is -2.18. The van der Waals surface area contributed by atoms with Gasteiger partial charge in [-0.15, -0.1) is 0 Å². The zero-order valence-corrected chi connectivity index (χ0v) is 15.5. The molecule has 134 valence electrons. The lowest BCUT2D eigenvalue weighted by atomic mass is 10.1. The molecule has 0 fully saturated rings. The van der Waals surface area contributed by atoms with E-state index in [9.17, 15) is 4.79 Å². The van der Waals surface area contributed by atoms with Crippen molar-refractivity contribution >= 4 is 11.6 Å². The summed E-state index contributed by atoms with van der Waals surface area (Å²) >= 11 is 0. The monoisotopic (exact) mass is 342 g/mol. The quantitative estimate of drug-likeness (QED) is 0.835. The van der Waals surface area contributed by atoms with E-state index in [4.69, 9.17) is 9.72 Å². The number of aromatic nitrogens is 2. The Morgan fingerprint density at radius 3 is 2.52 bits per heavy atom. The van der Waals surface area contributed by atoms with Gasteiger partial charge >= 0.3 is 0 Å². The van der Waals surface area contributed by atoms with E-state index in [0.717, 1.165) is 24.3 Å². The lowest BCUT2D eigenvalue weighted by Crippen LogP contribution is -2.48. The van der Waals surface area contributed by atoms with Crippen LogP contribution in [-0.2, 0) is 17.8 Å². The van der Waals surface area contributed by atoms with Crippen LogP contribution in [-0.4, -0.2) is 41.4 Å². The van der Waals surface area contributed by atoms with Crippen LogP contribution in [0.5, 0.6) is 0 Å². The summed E-state index contributed by atoms with van der Waals surface area (Å²) in [4.78, 5) is 21.8. The second-order valence-corrected chi connectivity index (χ2v) is 6.47. The smallest absolute Gasteiger partial charge is 0.259 e. The second-order valence-electron chi connectivity index (χ2n) is 6.47. The highest BCUT2D eigenvalue weighted by Crippen LogP contribution is 2.27. The van der Waals surface area contributed by atoms with Crippen molar-refractivity contribution in [2.24, 2.45) is 0 Å². The van der Waals surface area contributed by atoms with Gasteiger partial charge in [-0.2, -0.15) is 0 Å². The first-order chi connectivity index (χ1) is 12.0. The van der Waals surface area contributed by atoms with Gasteiger partial charge in [-0.25, -0.2) is 4.98 Å². The highest BCUT2D eigenvalue weighted by molar-refractivity contribution is 5.58. The maximum absolute atomic E-state index is 12.8. The van der Waals surface area contributed by atoms with Crippen LogP contribution in [0.15, 0.2) is 29.1 Å². The SMILES string of the molecule is CCc1ccc(N2CN(CCOC)Cn3c2nc(C)c(C)c3=O)cc1. The Kier molecular flexibility index (Phi) is 5.20. The summed E-state index contributed by atoms with van der Waals surface area (Å²) in [5, 5.41) is 0. The number of fused-ring (bicyclic) bond motifs is 1. The first kappa shape index (κ1) is 17.6. The van der Waals surface area contributed by atoms with E-state index >= 15 is 0 Å². The Bertz CT molecular complexity index is 798. The molecule has 3 rings (SSSR count). The molecule has 0 radical (unpaired) electrons. The van der Waals surface area contributed by atoms with Crippen LogP contribution in [0.2, 0.25) is 0 Å². The van der Waals surface area contributed by atoms with E-state index < -0.39 is 0 Å². The Morgan fingerprint density at radius 1 is 1.16 bits per heavy atom. The first-order valence-corrected chi connectivity index (χ1v) is 8.71. The van der Waals surface area contributed by atoms with Gasteiger partial charge in [0.2, 0.25) is 5.95 Å². The second kappa shape index (κ2) is 7.37. The molecule has 0 saturated heterocycles. The van der Waals surface area contributed by atoms with Crippen molar-refractivity contribution in [3.63, 3.8) is 0 Å². The molecule has 0 aliphatic carbocycles. The number of hydrogen-bond donors (Lipinski definition) is 0. The molecule has 0 saturated carbocycles. The van der Waals surface area contributed by atoms with Crippen LogP contribution >= 0.6 is 0 Å². The fourth-order valence-corrected chi connectivity index (χ4v) is 3.05. The first-order valence-electron chi connectivity index (χ1n) is 8.71. The van der Waals surface area contributed by atoms with Gasteiger partial charge in [0.05, 0.1) is 19.9 Å². The van der Waals surface area contributed by atoms with Crippen LogP contribution in [0.4, 0.5) is 11.6 Å². The molecule has 0 N–H and O–H groups in total. The van der Waals surface area contributed by atoms with Crippen LogP contribution in [0.1, 0.15) is 23.7 Å². The van der Waals surface area contributed by atoms with Gasteiger partial charge in [0.15, 0.2) is 0 Å². The summed E-state index contributed by atoms with van der Waals surface area (Å²) in [5.41, 5.74) is 3.86. The minimum absolute atomic E-state index is 0.0276. The minimum Gasteiger partial charge on any atom is -0.383 e. The molecule has 2 heterocycles. The minimum atomic E-state index is 0.0276. The van der Waals surface area contributed by atoms with Crippen molar-refractivity contribution in [1.29, 1.82) is 0 Å². The number of rotatable bonds is 5. The third-order valence-electron chi connectivity index (χ3n) is 4.81. The molecule has 0 unspecified atom stereocenters. The van der Waals surface area contributed by atoms with Crippen LogP contribution < -0.4 is 10.5 Å². The van der Waals surface area contributed by atoms with E-state index in [2.05, 4.69) is 41.0 Å². The number of methoxy groups -OCH3 is 1. The summed E-state index contributed by atoms with van der Waals surface area (Å²) < 4.78 is 6.97. The summed E-state index contributed by atoms with van der Waals surface area (Å²) in [6, 6.07) is 8.47. The van der Waals surface area contributed by atoms with Gasteiger partial charge in [-0.05, 0) is 38.0 Å². The zero-order chi connectivity index (χ0) is 18.0. The number of nitrogens with zero attached hydrogens (tertiary/aromatic N) is 4. The van der Waals surface area contributed by atoms with Crippen molar-refractivity contribution in [3.05, 3.63) is 51.4 Å². The van der Waals surface area contributed by atoms with Gasteiger partial charge in [0, 0.05) is 30.6 Å². The Balaban J connectivity index is 2.05. The molecule has 6 heteroatoms. The van der Waals surface area contributed by atoms with Gasteiger partial charge < -0.3 is 4.74 Å². The van der Waals surface area contributed by atoms with Crippen molar-refractivity contribution < 1.29 is 4.74 Å². The fourth-order valence-electron chi connectivity index (χ4n) is 3.05. The molecule has 0 spiro atoms. The average Bonchev–Trinajstić information content (AvgIpc) is 2.64. The van der Waals surface area contributed by atoms with E-state index in [1.165, 1.54) is 5.56 Å².